The number of halogens is 1. The molecule has 142 valence electrons. The quantitative estimate of drug-likeness (QED) is 0.612. The molecule has 1 aliphatic heterocycles. The highest BCUT2D eigenvalue weighted by atomic mass is 35.5. The molecule has 0 saturated carbocycles. The minimum Gasteiger partial charge on any atom is -0.478 e. The molecule has 3 rings (SSSR count). The Morgan fingerprint density at radius 1 is 1.11 bits per heavy atom. The molecule has 7 heteroatoms. The number of carboxylic acid groups (broad SMARTS) is 1. The molecule has 2 aromatic carbocycles. The molecule has 1 aliphatic rings. The number of hydrogen-bond donors (Lipinski definition) is 4. The molecule has 27 heavy (non-hydrogen) atoms. The monoisotopic (exact) mass is 387 g/mol. The molecule has 1 amide bonds. The standard InChI is InChI=1S/C20H22ClN3O3/c1-2-16-18(12-7-9-14(21)10-8-12)19(24-23-16)22-17(25)11-13-5-3-4-6-15(13)20(26)27/h3-10,16,18-19,23-24H,2,11H2,1H3,(H,22,25)(H,26,27). The summed E-state index contributed by atoms with van der Waals surface area (Å²) in [5.41, 5.74) is 8.07. The Bertz CT molecular complexity index is 825. The van der Waals surface area contributed by atoms with E-state index in [0.717, 1.165) is 12.0 Å². The van der Waals surface area contributed by atoms with Crippen LogP contribution in [0, 0.1) is 0 Å². The van der Waals surface area contributed by atoms with E-state index in [9.17, 15) is 14.7 Å². The van der Waals surface area contributed by atoms with E-state index in [2.05, 4.69) is 23.1 Å². The summed E-state index contributed by atoms with van der Waals surface area (Å²) < 4.78 is 0. The lowest BCUT2D eigenvalue weighted by atomic mass is 9.89. The third kappa shape index (κ3) is 4.47. The number of hydrogen-bond acceptors (Lipinski definition) is 4. The van der Waals surface area contributed by atoms with Crippen molar-refractivity contribution < 1.29 is 14.7 Å². The van der Waals surface area contributed by atoms with Gasteiger partial charge >= 0.3 is 5.97 Å². The minimum atomic E-state index is -1.04. The van der Waals surface area contributed by atoms with E-state index in [1.165, 1.54) is 6.07 Å². The average Bonchev–Trinajstić information content (AvgIpc) is 3.05. The van der Waals surface area contributed by atoms with E-state index in [-0.39, 0.29) is 36.0 Å². The highest BCUT2D eigenvalue weighted by molar-refractivity contribution is 6.30. The number of aromatic carboxylic acids is 1. The van der Waals surface area contributed by atoms with Gasteiger partial charge in [-0.05, 0) is 35.7 Å². The van der Waals surface area contributed by atoms with Crippen LogP contribution in [-0.2, 0) is 11.2 Å². The Balaban J connectivity index is 1.74. The van der Waals surface area contributed by atoms with Gasteiger partial charge in [0.25, 0.3) is 0 Å². The summed E-state index contributed by atoms with van der Waals surface area (Å²) in [6.07, 6.45) is 0.583. The molecule has 4 N–H and O–H groups in total. The molecule has 3 atom stereocenters. The third-order valence-corrected chi connectivity index (χ3v) is 5.08. The molecule has 0 bridgehead atoms. The minimum absolute atomic E-state index is 0.00474. The Hall–Kier alpha value is -2.41. The van der Waals surface area contributed by atoms with Crippen molar-refractivity contribution in [3.63, 3.8) is 0 Å². The molecule has 6 nitrogen and oxygen atoms in total. The topological polar surface area (TPSA) is 90.5 Å². The molecule has 0 radical (unpaired) electrons. The van der Waals surface area contributed by atoms with Crippen molar-refractivity contribution in [3.05, 3.63) is 70.2 Å². The van der Waals surface area contributed by atoms with Gasteiger partial charge in [-0.1, -0.05) is 48.9 Å². The van der Waals surface area contributed by atoms with Crippen LogP contribution >= 0.6 is 11.6 Å². The molecular formula is C20H22ClN3O3. The zero-order chi connectivity index (χ0) is 19.4. The first-order chi connectivity index (χ1) is 13.0. The molecule has 1 heterocycles. The first-order valence-corrected chi connectivity index (χ1v) is 9.24. The first kappa shape index (κ1) is 19.4. The van der Waals surface area contributed by atoms with E-state index < -0.39 is 5.97 Å². The number of amides is 1. The van der Waals surface area contributed by atoms with Crippen LogP contribution in [0.4, 0.5) is 0 Å². The number of hydrazine groups is 1. The van der Waals surface area contributed by atoms with Crippen LogP contribution in [0.2, 0.25) is 5.02 Å². The van der Waals surface area contributed by atoms with Gasteiger partial charge in [0.05, 0.1) is 12.0 Å². The summed E-state index contributed by atoms with van der Waals surface area (Å²) in [6.45, 7) is 2.08. The predicted molar refractivity (Wildman–Crippen MR) is 104 cm³/mol. The third-order valence-electron chi connectivity index (χ3n) is 4.83. The second-order valence-corrected chi connectivity index (χ2v) is 7.00. The van der Waals surface area contributed by atoms with Crippen LogP contribution in [0.15, 0.2) is 48.5 Å². The van der Waals surface area contributed by atoms with Crippen molar-refractivity contribution in [2.45, 2.75) is 37.9 Å². The summed E-state index contributed by atoms with van der Waals surface area (Å²) in [5, 5.41) is 12.9. The van der Waals surface area contributed by atoms with E-state index in [1.807, 2.05) is 24.3 Å². The van der Waals surface area contributed by atoms with Gasteiger partial charge in [-0.2, -0.15) is 0 Å². The van der Waals surface area contributed by atoms with Crippen LogP contribution in [0.25, 0.3) is 0 Å². The summed E-state index contributed by atoms with van der Waals surface area (Å²) >= 11 is 5.99. The largest absolute Gasteiger partial charge is 0.478 e. The number of rotatable bonds is 6. The molecule has 2 aromatic rings. The second-order valence-electron chi connectivity index (χ2n) is 6.57. The lowest BCUT2D eigenvalue weighted by Gasteiger charge is -2.24. The van der Waals surface area contributed by atoms with Crippen molar-refractivity contribution in [1.29, 1.82) is 0 Å². The van der Waals surface area contributed by atoms with Crippen LogP contribution in [0.1, 0.15) is 40.7 Å². The Kier molecular flexibility index (Phi) is 6.11. The van der Waals surface area contributed by atoms with Crippen LogP contribution in [-0.4, -0.2) is 29.2 Å². The van der Waals surface area contributed by atoms with Crippen molar-refractivity contribution in [3.8, 4) is 0 Å². The fraction of sp³-hybridized carbons (Fsp3) is 0.300. The number of nitrogens with one attached hydrogen (secondary N) is 3. The number of carbonyl (C=O) groups excluding carboxylic acids is 1. The summed E-state index contributed by atoms with van der Waals surface area (Å²) in [6, 6.07) is 14.3. The maximum Gasteiger partial charge on any atom is 0.335 e. The van der Waals surface area contributed by atoms with E-state index >= 15 is 0 Å². The Labute approximate surface area is 162 Å². The van der Waals surface area contributed by atoms with Crippen LogP contribution < -0.4 is 16.2 Å². The van der Waals surface area contributed by atoms with Crippen molar-refractivity contribution >= 4 is 23.5 Å². The molecule has 0 aliphatic carbocycles. The zero-order valence-electron chi connectivity index (χ0n) is 14.9. The van der Waals surface area contributed by atoms with Gasteiger partial charge in [0.2, 0.25) is 5.91 Å². The molecule has 1 saturated heterocycles. The summed E-state index contributed by atoms with van der Waals surface area (Å²) in [5.74, 6) is -1.24. The van der Waals surface area contributed by atoms with Crippen LogP contribution in [0.5, 0.6) is 0 Å². The summed E-state index contributed by atoms with van der Waals surface area (Å²) in [7, 11) is 0. The van der Waals surface area contributed by atoms with E-state index in [1.54, 1.807) is 18.2 Å². The summed E-state index contributed by atoms with van der Waals surface area (Å²) in [4.78, 5) is 23.9. The lowest BCUT2D eigenvalue weighted by molar-refractivity contribution is -0.121. The smallest absolute Gasteiger partial charge is 0.335 e. The maximum atomic E-state index is 12.6. The Morgan fingerprint density at radius 2 is 1.81 bits per heavy atom. The van der Waals surface area contributed by atoms with Gasteiger partial charge in [0.15, 0.2) is 0 Å². The van der Waals surface area contributed by atoms with Crippen molar-refractivity contribution in [1.82, 2.24) is 16.2 Å². The number of benzene rings is 2. The highest BCUT2D eigenvalue weighted by Crippen LogP contribution is 2.29. The van der Waals surface area contributed by atoms with Gasteiger partial charge in [0, 0.05) is 17.0 Å². The van der Waals surface area contributed by atoms with E-state index in [0.29, 0.717) is 10.6 Å². The lowest BCUT2D eigenvalue weighted by Crippen LogP contribution is -2.46. The number of carboxylic acids is 1. The predicted octanol–water partition coefficient (Wildman–Crippen LogP) is 2.69. The van der Waals surface area contributed by atoms with Gasteiger partial charge in [0.1, 0.15) is 6.17 Å². The van der Waals surface area contributed by atoms with Crippen molar-refractivity contribution in [2.24, 2.45) is 0 Å². The first-order valence-electron chi connectivity index (χ1n) is 8.86. The molecule has 3 unspecified atom stereocenters. The second kappa shape index (κ2) is 8.52. The van der Waals surface area contributed by atoms with Gasteiger partial charge in [-0.25, -0.2) is 10.2 Å². The fourth-order valence-electron chi connectivity index (χ4n) is 3.48. The highest BCUT2D eigenvalue weighted by Gasteiger charge is 2.36. The van der Waals surface area contributed by atoms with Gasteiger partial charge in [-0.3, -0.25) is 10.2 Å². The molecule has 1 fully saturated rings. The van der Waals surface area contributed by atoms with Crippen LogP contribution in [0.3, 0.4) is 0 Å². The van der Waals surface area contributed by atoms with E-state index in [4.69, 9.17) is 11.6 Å². The molecule has 0 aromatic heterocycles. The van der Waals surface area contributed by atoms with Gasteiger partial charge in [-0.15, -0.1) is 0 Å². The Morgan fingerprint density at radius 3 is 2.48 bits per heavy atom. The number of carbonyl (C=O) groups is 2. The average molecular weight is 388 g/mol. The fourth-order valence-corrected chi connectivity index (χ4v) is 3.61. The zero-order valence-corrected chi connectivity index (χ0v) is 15.7. The van der Waals surface area contributed by atoms with Crippen molar-refractivity contribution in [2.75, 3.05) is 0 Å². The molecular weight excluding hydrogens is 366 g/mol. The normalized spacial score (nSPS) is 21.8. The maximum absolute atomic E-state index is 12.6. The SMILES string of the molecule is CCC1NNC(NC(=O)Cc2ccccc2C(=O)O)C1c1ccc(Cl)cc1. The molecule has 0 spiro atoms. The van der Waals surface area contributed by atoms with Gasteiger partial charge < -0.3 is 10.4 Å².